The quantitative estimate of drug-likeness (QED) is 0.697. The molecule has 1 aromatic heterocycles. The van der Waals surface area contributed by atoms with Crippen LogP contribution < -0.4 is 5.32 Å². The smallest absolute Gasteiger partial charge is 0.122 e. The first-order chi connectivity index (χ1) is 9.58. The van der Waals surface area contributed by atoms with Gasteiger partial charge in [-0.2, -0.15) is 0 Å². The first kappa shape index (κ1) is 17.3. The van der Waals surface area contributed by atoms with Gasteiger partial charge in [0.15, 0.2) is 0 Å². The van der Waals surface area contributed by atoms with Crippen LogP contribution in [0, 0.1) is 0 Å². The summed E-state index contributed by atoms with van der Waals surface area (Å²) in [7, 11) is 0. The summed E-state index contributed by atoms with van der Waals surface area (Å²) in [5.74, 6) is 1.09. The van der Waals surface area contributed by atoms with Crippen LogP contribution in [0.5, 0.6) is 0 Å². The molecule has 3 nitrogen and oxygen atoms in total. The lowest BCUT2D eigenvalue weighted by atomic mass is 10.1. The van der Waals surface area contributed by atoms with Crippen LogP contribution >= 0.6 is 0 Å². The molecule has 0 saturated heterocycles. The molecule has 1 heterocycles. The number of nitrogens with one attached hydrogen (secondary N) is 1. The molecule has 20 heavy (non-hydrogen) atoms. The predicted molar refractivity (Wildman–Crippen MR) is 85.8 cm³/mol. The Morgan fingerprint density at radius 1 is 1.25 bits per heavy atom. The summed E-state index contributed by atoms with van der Waals surface area (Å²) in [4.78, 5) is 2.58. The first-order valence-corrected chi connectivity index (χ1v) is 8.11. The minimum Gasteiger partial charge on any atom is -0.468 e. The Kier molecular flexibility index (Phi) is 7.93. The molecular formula is C17H32N2O. The number of furan rings is 1. The zero-order chi connectivity index (χ0) is 15.0. The van der Waals surface area contributed by atoms with Gasteiger partial charge in [-0.15, -0.1) is 0 Å². The van der Waals surface area contributed by atoms with Crippen molar-refractivity contribution in [3.63, 3.8) is 0 Å². The van der Waals surface area contributed by atoms with E-state index in [4.69, 9.17) is 4.42 Å². The van der Waals surface area contributed by atoms with Gasteiger partial charge in [-0.1, -0.05) is 34.1 Å². The zero-order valence-corrected chi connectivity index (χ0v) is 13.9. The maximum absolute atomic E-state index is 5.64. The van der Waals surface area contributed by atoms with Crippen LogP contribution in [-0.2, 0) is 13.1 Å². The molecule has 1 atom stereocenters. The Morgan fingerprint density at radius 2 is 2.00 bits per heavy atom. The molecule has 0 amide bonds. The van der Waals surface area contributed by atoms with Crippen molar-refractivity contribution >= 4 is 0 Å². The highest BCUT2D eigenvalue weighted by Crippen LogP contribution is 2.17. The van der Waals surface area contributed by atoms with Gasteiger partial charge < -0.3 is 9.73 Å². The summed E-state index contributed by atoms with van der Waals surface area (Å²) in [5, 5.41) is 3.44. The van der Waals surface area contributed by atoms with Gasteiger partial charge in [0.25, 0.3) is 0 Å². The molecule has 116 valence electrons. The Morgan fingerprint density at radius 3 is 2.60 bits per heavy atom. The Balaban J connectivity index is 2.65. The summed E-state index contributed by atoms with van der Waals surface area (Å²) in [6, 6.07) is 3.24. The number of hydrogen-bond donors (Lipinski definition) is 1. The third-order valence-electron chi connectivity index (χ3n) is 3.90. The fourth-order valence-corrected chi connectivity index (χ4v) is 2.25. The molecule has 0 spiro atoms. The van der Waals surface area contributed by atoms with Crippen LogP contribution in [0.3, 0.4) is 0 Å². The fraction of sp³-hybridized carbons (Fsp3) is 0.765. The van der Waals surface area contributed by atoms with E-state index in [2.05, 4.69) is 50.9 Å². The first-order valence-electron chi connectivity index (χ1n) is 8.11. The van der Waals surface area contributed by atoms with Crippen molar-refractivity contribution in [2.75, 3.05) is 6.54 Å². The Bertz CT molecular complexity index is 360. The van der Waals surface area contributed by atoms with Gasteiger partial charge in [-0.3, -0.25) is 4.90 Å². The molecular weight excluding hydrogens is 248 g/mol. The second-order valence-corrected chi connectivity index (χ2v) is 5.99. The van der Waals surface area contributed by atoms with Gasteiger partial charge in [0.2, 0.25) is 0 Å². The maximum Gasteiger partial charge on any atom is 0.122 e. The summed E-state index contributed by atoms with van der Waals surface area (Å²) in [5.41, 5.74) is 1.33. The summed E-state index contributed by atoms with van der Waals surface area (Å²) >= 11 is 0. The molecule has 0 aromatic carbocycles. The van der Waals surface area contributed by atoms with Crippen molar-refractivity contribution in [3.05, 3.63) is 23.7 Å². The second-order valence-electron chi connectivity index (χ2n) is 5.99. The molecule has 0 saturated carbocycles. The van der Waals surface area contributed by atoms with Crippen LogP contribution in [-0.4, -0.2) is 23.5 Å². The summed E-state index contributed by atoms with van der Waals surface area (Å²) < 4.78 is 5.64. The zero-order valence-electron chi connectivity index (χ0n) is 13.9. The van der Waals surface area contributed by atoms with E-state index in [0.29, 0.717) is 12.1 Å². The third-order valence-corrected chi connectivity index (χ3v) is 3.90. The van der Waals surface area contributed by atoms with Crippen molar-refractivity contribution in [2.24, 2.45) is 0 Å². The van der Waals surface area contributed by atoms with E-state index < -0.39 is 0 Å². The van der Waals surface area contributed by atoms with E-state index in [9.17, 15) is 0 Å². The molecule has 1 unspecified atom stereocenters. The average Bonchev–Trinajstić information content (AvgIpc) is 2.87. The largest absolute Gasteiger partial charge is 0.468 e. The predicted octanol–water partition coefficient (Wildman–Crippen LogP) is 4.18. The molecule has 1 rings (SSSR count). The lowest BCUT2D eigenvalue weighted by Gasteiger charge is -2.28. The van der Waals surface area contributed by atoms with Crippen LogP contribution in [0.2, 0.25) is 0 Å². The Hall–Kier alpha value is -0.800. The normalized spacial score (nSPS) is 13.3. The van der Waals surface area contributed by atoms with Gasteiger partial charge in [-0.25, -0.2) is 0 Å². The molecule has 0 aliphatic heterocycles. The highest BCUT2D eigenvalue weighted by atomic mass is 16.3. The summed E-state index contributed by atoms with van der Waals surface area (Å²) in [6.45, 7) is 14.2. The number of nitrogens with zero attached hydrogens (tertiary/aromatic N) is 1. The lowest BCUT2D eigenvalue weighted by molar-refractivity contribution is 0.190. The SMILES string of the molecule is CCCCN(Cc1ccoc1CNC(C)C)C(C)CC. The maximum atomic E-state index is 5.64. The lowest BCUT2D eigenvalue weighted by Crippen LogP contribution is -2.33. The van der Waals surface area contributed by atoms with Crippen molar-refractivity contribution in [1.29, 1.82) is 0 Å². The topological polar surface area (TPSA) is 28.4 Å². The molecule has 0 aliphatic rings. The van der Waals surface area contributed by atoms with Gasteiger partial charge >= 0.3 is 0 Å². The van der Waals surface area contributed by atoms with Crippen molar-refractivity contribution in [1.82, 2.24) is 10.2 Å². The Labute approximate surface area is 124 Å². The summed E-state index contributed by atoms with van der Waals surface area (Å²) in [6.07, 6.45) is 5.53. The average molecular weight is 280 g/mol. The highest BCUT2D eigenvalue weighted by Gasteiger charge is 2.15. The van der Waals surface area contributed by atoms with Crippen molar-refractivity contribution < 1.29 is 4.42 Å². The van der Waals surface area contributed by atoms with Gasteiger partial charge in [0, 0.05) is 24.2 Å². The number of unbranched alkanes of at least 4 members (excludes halogenated alkanes) is 1. The van der Waals surface area contributed by atoms with E-state index in [0.717, 1.165) is 18.8 Å². The fourth-order valence-electron chi connectivity index (χ4n) is 2.25. The van der Waals surface area contributed by atoms with Crippen molar-refractivity contribution in [3.8, 4) is 0 Å². The molecule has 0 aliphatic carbocycles. The number of hydrogen-bond acceptors (Lipinski definition) is 3. The van der Waals surface area contributed by atoms with E-state index >= 15 is 0 Å². The number of rotatable bonds is 10. The molecule has 1 aromatic rings. The van der Waals surface area contributed by atoms with Crippen molar-refractivity contribution in [2.45, 2.75) is 79.1 Å². The van der Waals surface area contributed by atoms with Crippen LogP contribution in [0.15, 0.2) is 16.7 Å². The second kappa shape index (κ2) is 9.19. The molecule has 3 heteroatoms. The minimum absolute atomic E-state index is 0.485. The van der Waals surface area contributed by atoms with E-state index in [-0.39, 0.29) is 0 Å². The molecule has 0 radical (unpaired) electrons. The molecule has 1 N–H and O–H groups in total. The molecule has 0 bridgehead atoms. The van der Waals surface area contributed by atoms with E-state index in [1.165, 1.54) is 31.4 Å². The van der Waals surface area contributed by atoms with E-state index in [1.807, 2.05) is 6.26 Å². The van der Waals surface area contributed by atoms with Gasteiger partial charge in [0.1, 0.15) is 5.76 Å². The highest BCUT2D eigenvalue weighted by molar-refractivity contribution is 5.17. The third kappa shape index (κ3) is 5.68. The van der Waals surface area contributed by atoms with Crippen LogP contribution in [0.25, 0.3) is 0 Å². The minimum atomic E-state index is 0.485. The van der Waals surface area contributed by atoms with Gasteiger partial charge in [0.05, 0.1) is 12.8 Å². The standard InChI is InChI=1S/C17H32N2O/c1-6-8-10-19(15(5)7-2)13-16-9-11-20-17(16)12-18-14(3)4/h9,11,14-15,18H,6-8,10,12-13H2,1-5H3. The van der Waals surface area contributed by atoms with E-state index in [1.54, 1.807) is 0 Å². The van der Waals surface area contributed by atoms with Gasteiger partial charge in [-0.05, 0) is 32.4 Å². The molecule has 0 fully saturated rings. The van der Waals surface area contributed by atoms with Crippen LogP contribution in [0.4, 0.5) is 0 Å². The van der Waals surface area contributed by atoms with Crippen LogP contribution in [0.1, 0.15) is 65.2 Å². The monoisotopic (exact) mass is 280 g/mol.